The van der Waals surface area contributed by atoms with Gasteiger partial charge in [-0.25, -0.2) is 0 Å². The molecule has 0 saturated carbocycles. The molecule has 5 nitrogen and oxygen atoms in total. The molecule has 0 spiro atoms. The summed E-state index contributed by atoms with van der Waals surface area (Å²) in [6.07, 6.45) is 4.79. The molecule has 2 N–H and O–H groups in total. The second-order valence-corrected chi connectivity index (χ2v) is 5.39. The standard InChI is InChI=1S/C14H14ClN3O2/c15-11-5-4-9(18(19)20)8-14(11)17-7-6-10-12(16)2-1-3-13(10)17/h4-8,12H,1-3,16H2. The first-order valence-electron chi connectivity index (χ1n) is 6.48. The van der Waals surface area contributed by atoms with Gasteiger partial charge in [-0.2, -0.15) is 0 Å². The van der Waals surface area contributed by atoms with Gasteiger partial charge < -0.3 is 10.3 Å². The Labute approximate surface area is 121 Å². The van der Waals surface area contributed by atoms with Crippen molar-refractivity contribution in [2.45, 2.75) is 25.3 Å². The number of benzene rings is 1. The number of rotatable bonds is 2. The number of nitro groups is 1. The lowest BCUT2D eigenvalue weighted by Gasteiger charge is -2.21. The second kappa shape index (κ2) is 4.92. The van der Waals surface area contributed by atoms with Gasteiger partial charge in [0, 0.05) is 30.1 Å². The van der Waals surface area contributed by atoms with E-state index in [-0.39, 0.29) is 11.7 Å². The van der Waals surface area contributed by atoms with Gasteiger partial charge in [-0.15, -0.1) is 0 Å². The van der Waals surface area contributed by atoms with Crippen molar-refractivity contribution in [3.05, 3.63) is 56.9 Å². The number of nitrogens with two attached hydrogens (primary N) is 1. The van der Waals surface area contributed by atoms with Crippen molar-refractivity contribution in [1.29, 1.82) is 0 Å². The van der Waals surface area contributed by atoms with Crippen LogP contribution in [0.4, 0.5) is 5.69 Å². The van der Waals surface area contributed by atoms with Gasteiger partial charge in [-0.1, -0.05) is 11.6 Å². The zero-order valence-electron chi connectivity index (χ0n) is 10.8. The molecule has 1 unspecified atom stereocenters. The fraction of sp³-hybridized carbons (Fsp3) is 0.286. The summed E-state index contributed by atoms with van der Waals surface area (Å²) in [6, 6.07) is 6.49. The fourth-order valence-corrected chi connectivity index (χ4v) is 2.96. The minimum absolute atomic E-state index is 0.0342. The molecule has 1 aliphatic carbocycles. The lowest BCUT2D eigenvalue weighted by molar-refractivity contribution is -0.384. The smallest absolute Gasteiger partial charge is 0.271 e. The summed E-state index contributed by atoms with van der Waals surface area (Å²) in [5, 5.41) is 11.4. The molecule has 0 aliphatic heterocycles. The minimum atomic E-state index is -0.415. The Morgan fingerprint density at radius 1 is 1.40 bits per heavy atom. The third-order valence-corrected chi connectivity index (χ3v) is 4.08. The number of hydrogen-bond acceptors (Lipinski definition) is 3. The highest BCUT2D eigenvalue weighted by Crippen LogP contribution is 2.33. The van der Waals surface area contributed by atoms with Crippen LogP contribution >= 0.6 is 11.6 Å². The van der Waals surface area contributed by atoms with Gasteiger partial charge in [-0.3, -0.25) is 10.1 Å². The van der Waals surface area contributed by atoms with Crippen molar-refractivity contribution < 1.29 is 4.92 Å². The monoisotopic (exact) mass is 291 g/mol. The van der Waals surface area contributed by atoms with Crippen molar-refractivity contribution in [3.8, 4) is 5.69 Å². The van der Waals surface area contributed by atoms with Crippen LogP contribution in [0.15, 0.2) is 30.5 Å². The lowest BCUT2D eigenvalue weighted by atomic mass is 9.93. The van der Waals surface area contributed by atoms with Crippen molar-refractivity contribution in [2.75, 3.05) is 0 Å². The molecule has 104 valence electrons. The molecule has 20 heavy (non-hydrogen) atoms. The van der Waals surface area contributed by atoms with Crippen LogP contribution in [-0.2, 0) is 6.42 Å². The summed E-state index contributed by atoms with van der Waals surface area (Å²) in [5.74, 6) is 0. The molecule has 1 atom stereocenters. The Morgan fingerprint density at radius 3 is 2.95 bits per heavy atom. The van der Waals surface area contributed by atoms with E-state index in [1.807, 2.05) is 16.8 Å². The highest BCUT2D eigenvalue weighted by molar-refractivity contribution is 6.32. The highest BCUT2D eigenvalue weighted by atomic mass is 35.5. The maximum absolute atomic E-state index is 10.9. The van der Waals surface area contributed by atoms with Crippen molar-refractivity contribution in [2.24, 2.45) is 5.73 Å². The van der Waals surface area contributed by atoms with E-state index in [0.29, 0.717) is 10.7 Å². The lowest BCUT2D eigenvalue weighted by Crippen LogP contribution is -2.17. The van der Waals surface area contributed by atoms with E-state index in [1.165, 1.54) is 12.1 Å². The fourth-order valence-electron chi connectivity index (χ4n) is 2.75. The summed E-state index contributed by atoms with van der Waals surface area (Å²) in [4.78, 5) is 10.5. The molecule has 0 bridgehead atoms. The Kier molecular flexibility index (Phi) is 3.23. The quantitative estimate of drug-likeness (QED) is 0.681. The van der Waals surface area contributed by atoms with Gasteiger partial charge in [0.05, 0.1) is 15.6 Å². The second-order valence-electron chi connectivity index (χ2n) is 4.98. The number of nitro benzene ring substituents is 1. The zero-order valence-corrected chi connectivity index (χ0v) is 11.5. The largest absolute Gasteiger partial charge is 0.324 e. The summed E-state index contributed by atoms with van der Waals surface area (Å²) < 4.78 is 1.92. The first kappa shape index (κ1) is 13.1. The van der Waals surface area contributed by atoms with Gasteiger partial charge in [-0.05, 0) is 37.0 Å². The van der Waals surface area contributed by atoms with E-state index in [4.69, 9.17) is 17.3 Å². The number of non-ortho nitro benzene ring substituents is 1. The van der Waals surface area contributed by atoms with Crippen LogP contribution in [0, 0.1) is 10.1 Å². The number of hydrogen-bond donors (Lipinski definition) is 1. The minimum Gasteiger partial charge on any atom is -0.324 e. The van der Waals surface area contributed by atoms with Gasteiger partial charge in [0.1, 0.15) is 0 Å². The molecular weight excluding hydrogens is 278 g/mol. The van der Waals surface area contributed by atoms with E-state index < -0.39 is 4.92 Å². The third kappa shape index (κ3) is 2.09. The highest BCUT2D eigenvalue weighted by Gasteiger charge is 2.22. The van der Waals surface area contributed by atoms with Crippen molar-refractivity contribution in [3.63, 3.8) is 0 Å². The Balaban J connectivity index is 2.14. The van der Waals surface area contributed by atoms with Crippen LogP contribution in [0.5, 0.6) is 0 Å². The summed E-state index contributed by atoms with van der Waals surface area (Å²) in [5.41, 5.74) is 8.98. The topological polar surface area (TPSA) is 74.1 Å². The van der Waals surface area contributed by atoms with Crippen molar-refractivity contribution in [1.82, 2.24) is 4.57 Å². The van der Waals surface area contributed by atoms with Gasteiger partial charge in [0.15, 0.2) is 0 Å². The third-order valence-electron chi connectivity index (χ3n) is 3.76. The SMILES string of the molecule is NC1CCCc2c1ccn2-c1cc([N+](=O)[O-])ccc1Cl. The molecule has 0 amide bonds. The van der Waals surface area contributed by atoms with E-state index in [0.717, 1.165) is 30.5 Å². The molecule has 1 heterocycles. The maximum atomic E-state index is 10.9. The summed E-state index contributed by atoms with van der Waals surface area (Å²) >= 11 is 6.20. The molecular formula is C14H14ClN3O2. The molecule has 1 aromatic carbocycles. The van der Waals surface area contributed by atoms with Crippen LogP contribution in [0.1, 0.15) is 30.1 Å². The summed E-state index contributed by atoms with van der Waals surface area (Å²) in [6.45, 7) is 0. The van der Waals surface area contributed by atoms with E-state index in [2.05, 4.69) is 0 Å². The maximum Gasteiger partial charge on any atom is 0.271 e. The molecule has 0 radical (unpaired) electrons. The average molecular weight is 292 g/mol. The van der Waals surface area contributed by atoms with Gasteiger partial charge in [0.25, 0.3) is 5.69 Å². The Hall–Kier alpha value is -1.85. The Morgan fingerprint density at radius 2 is 2.20 bits per heavy atom. The van der Waals surface area contributed by atoms with Crippen molar-refractivity contribution >= 4 is 17.3 Å². The predicted molar refractivity (Wildman–Crippen MR) is 77.3 cm³/mol. The van der Waals surface area contributed by atoms with E-state index >= 15 is 0 Å². The van der Waals surface area contributed by atoms with Crippen LogP contribution < -0.4 is 5.73 Å². The number of nitrogens with zero attached hydrogens (tertiary/aromatic N) is 2. The molecule has 1 aromatic heterocycles. The van der Waals surface area contributed by atoms with E-state index in [1.54, 1.807) is 6.07 Å². The normalized spacial score (nSPS) is 17.8. The first-order valence-corrected chi connectivity index (χ1v) is 6.85. The van der Waals surface area contributed by atoms with Crippen LogP contribution in [0.25, 0.3) is 5.69 Å². The zero-order chi connectivity index (χ0) is 14.3. The molecule has 0 saturated heterocycles. The van der Waals surface area contributed by atoms with Gasteiger partial charge in [0.2, 0.25) is 0 Å². The number of aromatic nitrogens is 1. The molecule has 2 aromatic rings. The van der Waals surface area contributed by atoms with Crippen LogP contribution in [0.2, 0.25) is 5.02 Å². The average Bonchev–Trinajstić information content (AvgIpc) is 2.84. The first-order chi connectivity index (χ1) is 9.58. The predicted octanol–water partition coefficient (Wildman–Crippen LogP) is 3.38. The van der Waals surface area contributed by atoms with Gasteiger partial charge >= 0.3 is 0 Å². The van der Waals surface area contributed by atoms with Crippen LogP contribution in [0.3, 0.4) is 0 Å². The molecule has 1 aliphatic rings. The molecule has 3 rings (SSSR count). The summed E-state index contributed by atoms with van der Waals surface area (Å²) in [7, 11) is 0. The number of halogens is 1. The molecule has 0 fully saturated rings. The van der Waals surface area contributed by atoms with Crippen LogP contribution in [-0.4, -0.2) is 9.49 Å². The number of fused-ring (bicyclic) bond motifs is 1. The molecule has 6 heteroatoms. The Bertz CT molecular complexity index is 681. The van der Waals surface area contributed by atoms with E-state index in [9.17, 15) is 10.1 Å².